The van der Waals surface area contributed by atoms with Crippen LogP contribution in [0.4, 0.5) is 0 Å². The van der Waals surface area contributed by atoms with E-state index in [9.17, 15) is 4.79 Å². The van der Waals surface area contributed by atoms with E-state index in [1.54, 1.807) is 0 Å². The summed E-state index contributed by atoms with van der Waals surface area (Å²) in [5, 5.41) is 2.75. The van der Waals surface area contributed by atoms with Gasteiger partial charge in [0.1, 0.15) is 0 Å². The Morgan fingerprint density at radius 3 is 2.71 bits per heavy atom. The van der Waals surface area contributed by atoms with Gasteiger partial charge >= 0.3 is 6.01 Å². The normalized spacial score (nSPS) is 12.0. The summed E-state index contributed by atoms with van der Waals surface area (Å²) in [5.41, 5.74) is 0.356. The zero-order chi connectivity index (χ0) is 12.6. The maximum atomic E-state index is 11.9. The van der Waals surface area contributed by atoms with E-state index >= 15 is 0 Å². The Labute approximate surface area is 98.6 Å². The van der Waals surface area contributed by atoms with Crippen molar-refractivity contribution < 1.29 is 4.74 Å². The van der Waals surface area contributed by atoms with Gasteiger partial charge in [0.25, 0.3) is 11.3 Å². The first-order chi connectivity index (χ1) is 7.91. The Morgan fingerprint density at radius 1 is 1.41 bits per heavy atom. The number of hydrogen-bond donors (Lipinski definition) is 1. The minimum atomic E-state index is -0.182. The standard InChI is InChI=1S/C11H16N4O2/c1-5-17-10-13-9-12-7(11(2,3)4)6-8(16)15(9)14-10/h6H,5H2,1-4H3,(H,12,13,14). The van der Waals surface area contributed by atoms with Gasteiger partial charge in [-0.3, -0.25) is 4.79 Å². The van der Waals surface area contributed by atoms with E-state index in [1.165, 1.54) is 10.6 Å². The van der Waals surface area contributed by atoms with Crippen LogP contribution in [0.5, 0.6) is 6.01 Å². The van der Waals surface area contributed by atoms with Gasteiger partial charge in [0.2, 0.25) is 0 Å². The quantitative estimate of drug-likeness (QED) is 0.847. The highest BCUT2D eigenvalue weighted by atomic mass is 16.5. The topological polar surface area (TPSA) is 72.3 Å². The summed E-state index contributed by atoms with van der Waals surface area (Å²) in [7, 11) is 0. The summed E-state index contributed by atoms with van der Waals surface area (Å²) >= 11 is 0. The Morgan fingerprint density at radius 2 is 2.12 bits per heavy atom. The van der Waals surface area contributed by atoms with Crippen LogP contribution < -0.4 is 10.3 Å². The lowest BCUT2D eigenvalue weighted by atomic mass is 9.92. The molecule has 0 aliphatic carbocycles. The number of fused-ring (bicyclic) bond motifs is 1. The van der Waals surface area contributed by atoms with Gasteiger partial charge in [-0.25, -0.2) is 10.1 Å². The van der Waals surface area contributed by atoms with Crippen LogP contribution >= 0.6 is 0 Å². The Kier molecular flexibility index (Phi) is 2.65. The van der Waals surface area contributed by atoms with Crippen LogP contribution in [0.1, 0.15) is 33.4 Å². The molecule has 0 amide bonds. The molecule has 0 bridgehead atoms. The van der Waals surface area contributed by atoms with Crippen LogP contribution in [0.15, 0.2) is 10.9 Å². The molecular weight excluding hydrogens is 220 g/mol. The molecular formula is C11H16N4O2. The number of rotatable bonds is 2. The molecule has 0 radical (unpaired) electrons. The highest BCUT2D eigenvalue weighted by Crippen LogP contribution is 2.18. The molecule has 6 heteroatoms. The predicted octanol–water partition coefficient (Wildman–Crippen LogP) is 1.11. The first-order valence-electron chi connectivity index (χ1n) is 5.55. The monoisotopic (exact) mass is 236 g/mol. The van der Waals surface area contributed by atoms with Gasteiger partial charge in [0, 0.05) is 11.5 Å². The predicted molar refractivity (Wildman–Crippen MR) is 63.5 cm³/mol. The summed E-state index contributed by atoms with van der Waals surface area (Å²) in [5.74, 6) is 0.339. The van der Waals surface area contributed by atoms with Crippen molar-refractivity contribution in [3.8, 4) is 6.01 Å². The highest BCUT2D eigenvalue weighted by molar-refractivity contribution is 5.31. The average molecular weight is 236 g/mol. The van der Waals surface area contributed by atoms with E-state index in [0.717, 1.165) is 5.69 Å². The molecule has 6 nitrogen and oxygen atoms in total. The third-order valence-corrected chi connectivity index (χ3v) is 2.36. The van der Waals surface area contributed by atoms with Crippen molar-refractivity contribution in [3.63, 3.8) is 0 Å². The number of nitrogens with zero attached hydrogens (tertiary/aromatic N) is 3. The second kappa shape index (κ2) is 3.87. The molecule has 17 heavy (non-hydrogen) atoms. The van der Waals surface area contributed by atoms with E-state index in [4.69, 9.17) is 4.74 Å². The molecule has 0 spiro atoms. The third-order valence-electron chi connectivity index (χ3n) is 2.36. The number of H-pyrrole nitrogens is 1. The number of ether oxygens (including phenoxy) is 1. The summed E-state index contributed by atoms with van der Waals surface area (Å²) in [6.07, 6.45) is 0. The molecule has 2 heterocycles. The number of nitrogens with one attached hydrogen (secondary N) is 1. The van der Waals surface area contributed by atoms with Gasteiger partial charge in [-0.05, 0) is 6.92 Å². The maximum absolute atomic E-state index is 11.9. The van der Waals surface area contributed by atoms with Gasteiger partial charge in [0.15, 0.2) is 0 Å². The molecule has 1 N–H and O–H groups in total. The fourth-order valence-corrected chi connectivity index (χ4v) is 1.45. The van der Waals surface area contributed by atoms with Crippen molar-refractivity contribution in [3.05, 3.63) is 22.1 Å². The molecule has 0 fully saturated rings. The SMILES string of the molecule is CCOc1nc2nc(C(C)(C)C)cc(=O)n2[nH]1. The zero-order valence-corrected chi connectivity index (χ0v) is 10.4. The van der Waals surface area contributed by atoms with E-state index in [2.05, 4.69) is 15.1 Å². The van der Waals surface area contributed by atoms with Crippen molar-refractivity contribution in [2.45, 2.75) is 33.1 Å². The fourth-order valence-electron chi connectivity index (χ4n) is 1.45. The van der Waals surface area contributed by atoms with Gasteiger partial charge in [-0.2, -0.15) is 9.50 Å². The van der Waals surface area contributed by atoms with Crippen LogP contribution in [0, 0.1) is 0 Å². The largest absolute Gasteiger partial charge is 0.464 e. The van der Waals surface area contributed by atoms with Crippen molar-refractivity contribution in [1.29, 1.82) is 0 Å². The van der Waals surface area contributed by atoms with E-state index in [1.807, 2.05) is 27.7 Å². The minimum absolute atomic E-state index is 0.182. The maximum Gasteiger partial charge on any atom is 0.312 e. The van der Waals surface area contributed by atoms with E-state index < -0.39 is 0 Å². The van der Waals surface area contributed by atoms with Crippen LogP contribution in [0.3, 0.4) is 0 Å². The molecule has 92 valence electrons. The van der Waals surface area contributed by atoms with Crippen LogP contribution in [-0.2, 0) is 5.41 Å². The molecule has 0 aromatic carbocycles. The Bertz CT molecular complexity index is 592. The lowest BCUT2D eigenvalue weighted by molar-refractivity contribution is 0.313. The highest BCUT2D eigenvalue weighted by Gasteiger charge is 2.18. The van der Waals surface area contributed by atoms with Gasteiger partial charge < -0.3 is 4.74 Å². The van der Waals surface area contributed by atoms with Crippen LogP contribution in [0.25, 0.3) is 5.78 Å². The van der Waals surface area contributed by atoms with Gasteiger partial charge in [-0.1, -0.05) is 20.8 Å². The average Bonchev–Trinajstić information content (AvgIpc) is 2.60. The molecule has 2 aromatic rings. The summed E-state index contributed by atoms with van der Waals surface area (Å²) < 4.78 is 6.48. The first-order valence-corrected chi connectivity index (χ1v) is 5.55. The number of aromatic amines is 1. The molecule has 0 saturated carbocycles. The third kappa shape index (κ3) is 2.15. The van der Waals surface area contributed by atoms with Gasteiger partial charge in [-0.15, -0.1) is 0 Å². The molecule has 0 aliphatic heterocycles. The van der Waals surface area contributed by atoms with Crippen LogP contribution in [0.2, 0.25) is 0 Å². The molecule has 2 aromatic heterocycles. The van der Waals surface area contributed by atoms with Crippen molar-refractivity contribution in [2.75, 3.05) is 6.61 Å². The molecule has 0 aliphatic rings. The summed E-state index contributed by atoms with van der Waals surface area (Å²) in [4.78, 5) is 20.3. The smallest absolute Gasteiger partial charge is 0.312 e. The van der Waals surface area contributed by atoms with Crippen molar-refractivity contribution in [2.24, 2.45) is 0 Å². The molecule has 2 rings (SSSR count). The summed E-state index contributed by atoms with van der Waals surface area (Å²) in [6.45, 7) is 8.34. The zero-order valence-electron chi connectivity index (χ0n) is 10.4. The Hall–Kier alpha value is -1.85. The molecule has 0 atom stereocenters. The fraction of sp³-hybridized carbons (Fsp3) is 0.545. The molecule has 0 unspecified atom stereocenters. The Balaban J connectivity index is 2.61. The lowest BCUT2D eigenvalue weighted by Gasteiger charge is -2.16. The van der Waals surface area contributed by atoms with Gasteiger partial charge in [0.05, 0.1) is 12.3 Å². The van der Waals surface area contributed by atoms with E-state index in [-0.39, 0.29) is 11.0 Å². The summed E-state index contributed by atoms with van der Waals surface area (Å²) in [6, 6.07) is 1.82. The molecule has 0 saturated heterocycles. The van der Waals surface area contributed by atoms with Crippen molar-refractivity contribution in [1.82, 2.24) is 19.6 Å². The minimum Gasteiger partial charge on any atom is -0.464 e. The van der Waals surface area contributed by atoms with Crippen molar-refractivity contribution >= 4 is 5.78 Å². The van der Waals surface area contributed by atoms with E-state index in [0.29, 0.717) is 18.4 Å². The van der Waals surface area contributed by atoms with Crippen LogP contribution in [-0.4, -0.2) is 26.2 Å². The first kappa shape index (κ1) is 11.6. The second-order valence-corrected chi connectivity index (χ2v) is 4.83. The lowest BCUT2D eigenvalue weighted by Crippen LogP contribution is -2.22. The second-order valence-electron chi connectivity index (χ2n) is 4.83. The number of hydrogen-bond acceptors (Lipinski definition) is 4. The number of aromatic nitrogens is 4.